The zero-order valence-electron chi connectivity index (χ0n) is 13.5. The molecule has 8 heteroatoms. The number of rotatable bonds is 4. The summed E-state index contributed by atoms with van der Waals surface area (Å²) in [6.07, 6.45) is 0.516. The molecule has 3 rings (SSSR count). The maximum Gasteiger partial charge on any atom is 0.259 e. The molecule has 2 N–H and O–H groups in total. The molecule has 132 valence electrons. The van der Waals surface area contributed by atoms with E-state index in [0.717, 1.165) is 6.07 Å². The van der Waals surface area contributed by atoms with Crippen molar-refractivity contribution in [3.63, 3.8) is 0 Å². The first-order chi connectivity index (χ1) is 11.8. The van der Waals surface area contributed by atoms with E-state index in [2.05, 4.69) is 9.71 Å². The summed E-state index contributed by atoms with van der Waals surface area (Å²) in [7, 11) is 0. The van der Waals surface area contributed by atoms with Gasteiger partial charge in [-0.1, -0.05) is 6.92 Å². The highest BCUT2D eigenvalue weighted by atomic mass is 32.2. The van der Waals surface area contributed by atoms with Crippen LogP contribution in [0.3, 0.4) is 0 Å². The van der Waals surface area contributed by atoms with Crippen LogP contribution in [-0.4, -0.2) is 20.2 Å². The summed E-state index contributed by atoms with van der Waals surface area (Å²) in [6.45, 7) is 3.62. The zero-order valence-corrected chi connectivity index (χ0v) is 14.4. The molecule has 0 amide bonds. The molecule has 0 radical (unpaired) electrons. The first kappa shape index (κ1) is 17.5. The van der Waals surface area contributed by atoms with Crippen LogP contribution >= 0.6 is 0 Å². The first-order valence-electron chi connectivity index (χ1n) is 7.57. The minimum Gasteiger partial charge on any atom is -0.466 e. The molecule has 0 spiro atoms. The highest BCUT2D eigenvalue weighted by Gasteiger charge is 2.32. The number of hydrogen-bond donors (Lipinski definition) is 2. The van der Waals surface area contributed by atoms with Crippen LogP contribution in [0, 0.1) is 11.6 Å². The summed E-state index contributed by atoms with van der Waals surface area (Å²) in [5, 5.41) is 0. The molecule has 1 aliphatic rings. The summed E-state index contributed by atoms with van der Waals surface area (Å²) in [6, 6.07) is 8.03. The predicted molar refractivity (Wildman–Crippen MR) is 92.2 cm³/mol. The average molecular weight is 366 g/mol. The monoisotopic (exact) mass is 366 g/mol. The zero-order chi connectivity index (χ0) is 18.2. The molecule has 0 saturated heterocycles. The van der Waals surface area contributed by atoms with Gasteiger partial charge in [-0.25, -0.2) is 18.0 Å². The van der Waals surface area contributed by atoms with Gasteiger partial charge in [0.15, 0.2) is 5.72 Å². The number of ether oxygens (including phenoxy) is 1. The molecule has 2 atom stereocenters. The van der Waals surface area contributed by atoms with Gasteiger partial charge in [-0.2, -0.15) is 0 Å². The van der Waals surface area contributed by atoms with Crippen molar-refractivity contribution >= 4 is 22.7 Å². The van der Waals surface area contributed by atoms with Crippen molar-refractivity contribution in [3.05, 3.63) is 59.2 Å². The van der Waals surface area contributed by atoms with Crippen molar-refractivity contribution in [1.29, 1.82) is 0 Å². The Labute approximate surface area is 146 Å². The van der Waals surface area contributed by atoms with E-state index >= 15 is 0 Å². The van der Waals surface area contributed by atoms with Crippen LogP contribution in [0.2, 0.25) is 0 Å². The first-order valence-corrected chi connectivity index (χ1v) is 8.68. The molecule has 1 heterocycles. The number of fused-ring (bicyclic) bond motifs is 1. The Balaban J connectivity index is 2.15. The Morgan fingerprint density at radius 1 is 1.24 bits per heavy atom. The second-order valence-electron chi connectivity index (χ2n) is 5.78. The van der Waals surface area contributed by atoms with Gasteiger partial charge < -0.3 is 4.74 Å². The van der Waals surface area contributed by atoms with Gasteiger partial charge in [0, 0.05) is 29.7 Å². The number of nitrogens with zero attached hydrogens (tertiary/aromatic N) is 1. The summed E-state index contributed by atoms with van der Waals surface area (Å²) in [5.41, 5.74) is 0.474. The molecular formula is C17H16F2N2O3S. The van der Waals surface area contributed by atoms with E-state index in [1.54, 1.807) is 25.1 Å². The van der Waals surface area contributed by atoms with E-state index in [1.807, 2.05) is 6.92 Å². The fourth-order valence-corrected chi connectivity index (χ4v) is 2.89. The Hall–Kier alpha value is -2.32. The van der Waals surface area contributed by atoms with Gasteiger partial charge in [-0.3, -0.25) is 9.27 Å². The van der Waals surface area contributed by atoms with Gasteiger partial charge in [0.05, 0.1) is 11.4 Å². The second kappa shape index (κ2) is 6.53. The standard InChI is InChI=1S/C17H16F2N2O3S/c1-3-17(2)20-16(12-6-4-10(18)8-14(12)19)13-7-5-11(21-25(22)23)9-15(13)24-17/h4-9,21H,3H2,1-2H3,(H,22,23). The number of hydrogen-bond acceptors (Lipinski definition) is 3. The fraction of sp³-hybridized carbons (Fsp3) is 0.235. The lowest BCUT2D eigenvalue weighted by Crippen LogP contribution is -2.35. The second-order valence-corrected chi connectivity index (χ2v) is 6.48. The number of nitrogens with one attached hydrogen (secondary N) is 1. The smallest absolute Gasteiger partial charge is 0.259 e. The van der Waals surface area contributed by atoms with Crippen LogP contribution in [0.1, 0.15) is 31.4 Å². The minimum atomic E-state index is -2.23. The molecule has 0 fully saturated rings. The highest BCUT2D eigenvalue weighted by molar-refractivity contribution is 7.80. The van der Waals surface area contributed by atoms with E-state index in [4.69, 9.17) is 9.29 Å². The number of halogens is 2. The van der Waals surface area contributed by atoms with Crippen LogP contribution in [0.25, 0.3) is 0 Å². The predicted octanol–water partition coefficient (Wildman–Crippen LogP) is 3.87. The van der Waals surface area contributed by atoms with E-state index in [1.165, 1.54) is 12.1 Å². The maximum atomic E-state index is 14.3. The lowest BCUT2D eigenvalue weighted by Gasteiger charge is -2.32. The lowest BCUT2D eigenvalue weighted by molar-refractivity contribution is 0.0903. The normalized spacial score (nSPS) is 20.3. The third-order valence-electron chi connectivity index (χ3n) is 3.96. The Kier molecular flexibility index (Phi) is 4.57. The van der Waals surface area contributed by atoms with Crippen molar-refractivity contribution in [3.8, 4) is 5.75 Å². The van der Waals surface area contributed by atoms with E-state index in [0.29, 0.717) is 29.1 Å². The maximum absolute atomic E-state index is 14.3. The molecule has 2 unspecified atom stereocenters. The highest BCUT2D eigenvalue weighted by Crippen LogP contribution is 2.36. The average Bonchev–Trinajstić information content (AvgIpc) is 2.53. The molecule has 1 aliphatic heterocycles. The van der Waals surface area contributed by atoms with Crippen LogP contribution in [-0.2, 0) is 11.3 Å². The van der Waals surface area contributed by atoms with Crippen LogP contribution in [0.4, 0.5) is 14.5 Å². The summed E-state index contributed by atoms with van der Waals surface area (Å²) in [4.78, 5) is 4.53. The molecule has 2 aromatic rings. The Bertz CT molecular complexity index is 888. The Morgan fingerprint density at radius 2 is 1.96 bits per heavy atom. The molecule has 0 saturated carbocycles. The molecular weight excluding hydrogens is 350 g/mol. The van der Waals surface area contributed by atoms with E-state index in [-0.39, 0.29) is 5.56 Å². The molecule has 0 aliphatic carbocycles. The third-order valence-corrected chi connectivity index (χ3v) is 4.37. The quantitative estimate of drug-likeness (QED) is 0.807. The number of aliphatic imine (C=N–C) groups is 1. The molecule has 5 nitrogen and oxygen atoms in total. The van der Waals surface area contributed by atoms with Crippen molar-refractivity contribution in [2.24, 2.45) is 4.99 Å². The van der Waals surface area contributed by atoms with Crippen molar-refractivity contribution in [1.82, 2.24) is 0 Å². The van der Waals surface area contributed by atoms with Gasteiger partial charge >= 0.3 is 0 Å². The largest absolute Gasteiger partial charge is 0.466 e. The molecule has 0 bridgehead atoms. The third kappa shape index (κ3) is 3.54. The lowest BCUT2D eigenvalue weighted by atomic mass is 9.97. The van der Waals surface area contributed by atoms with Gasteiger partial charge in [0.1, 0.15) is 17.4 Å². The number of benzene rings is 2. The number of anilines is 1. The summed E-state index contributed by atoms with van der Waals surface area (Å²) in [5.74, 6) is -0.991. The van der Waals surface area contributed by atoms with Gasteiger partial charge in [-0.15, -0.1) is 0 Å². The van der Waals surface area contributed by atoms with Crippen molar-refractivity contribution in [2.45, 2.75) is 26.0 Å². The minimum absolute atomic E-state index is 0.164. The SMILES string of the molecule is CCC1(C)N=C(c2ccc(F)cc2F)c2ccc(NS(=O)O)cc2O1. The van der Waals surface area contributed by atoms with Crippen molar-refractivity contribution < 1.29 is 22.3 Å². The van der Waals surface area contributed by atoms with Gasteiger partial charge in [0.2, 0.25) is 0 Å². The van der Waals surface area contributed by atoms with Crippen molar-refractivity contribution in [2.75, 3.05) is 4.72 Å². The molecule has 0 aromatic heterocycles. The van der Waals surface area contributed by atoms with E-state index < -0.39 is 28.6 Å². The van der Waals surface area contributed by atoms with E-state index in [9.17, 15) is 13.0 Å². The summed E-state index contributed by atoms with van der Waals surface area (Å²) < 4.78 is 55.7. The summed E-state index contributed by atoms with van der Waals surface area (Å²) >= 11 is -2.23. The molecule has 2 aromatic carbocycles. The topological polar surface area (TPSA) is 70.9 Å². The van der Waals surface area contributed by atoms with Crippen LogP contribution in [0.5, 0.6) is 5.75 Å². The Morgan fingerprint density at radius 3 is 2.60 bits per heavy atom. The molecule has 25 heavy (non-hydrogen) atoms. The fourth-order valence-electron chi connectivity index (χ4n) is 2.56. The van der Waals surface area contributed by atoms with Crippen LogP contribution in [0.15, 0.2) is 41.4 Å². The van der Waals surface area contributed by atoms with Gasteiger partial charge in [0.25, 0.3) is 11.3 Å². The van der Waals surface area contributed by atoms with Gasteiger partial charge in [-0.05, 0) is 31.2 Å². The van der Waals surface area contributed by atoms with Crippen LogP contribution < -0.4 is 9.46 Å².